The summed E-state index contributed by atoms with van der Waals surface area (Å²) in [7, 11) is 0. The molecule has 0 saturated heterocycles. The van der Waals surface area contributed by atoms with E-state index >= 15 is 0 Å². The van der Waals surface area contributed by atoms with Gasteiger partial charge in [0.15, 0.2) is 5.78 Å². The zero-order valence-electron chi connectivity index (χ0n) is 10.9. The maximum absolute atomic E-state index is 11.6. The van der Waals surface area contributed by atoms with Crippen molar-refractivity contribution in [1.29, 1.82) is 0 Å². The fourth-order valence-corrected chi connectivity index (χ4v) is 2.10. The van der Waals surface area contributed by atoms with Crippen molar-refractivity contribution in [3.8, 4) is 0 Å². The summed E-state index contributed by atoms with van der Waals surface area (Å²) in [6, 6.07) is 9.58. The number of allylic oxidation sites excluding steroid dienone is 2. The van der Waals surface area contributed by atoms with Crippen LogP contribution in [0, 0.1) is 0 Å². The Morgan fingerprint density at radius 1 is 1.21 bits per heavy atom. The molecule has 0 N–H and O–H groups in total. The Labute approximate surface area is 113 Å². The normalized spacial score (nSPS) is 14.9. The largest absolute Gasteiger partial charge is 0.461 e. The maximum Gasteiger partial charge on any atom is 0.306 e. The molecule has 3 nitrogen and oxygen atoms in total. The van der Waals surface area contributed by atoms with Gasteiger partial charge in [-0.3, -0.25) is 9.59 Å². The van der Waals surface area contributed by atoms with E-state index in [-0.39, 0.29) is 18.2 Å². The quantitative estimate of drug-likeness (QED) is 0.762. The highest BCUT2D eigenvalue weighted by atomic mass is 16.5. The number of Topliss-reactive ketones (excluding diaryl/α,β-unsaturated/α-hetero) is 1. The molecule has 1 aromatic carbocycles. The van der Waals surface area contributed by atoms with Gasteiger partial charge < -0.3 is 4.74 Å². The molecule has 1 aromatic rings. The predicted octanol–water partition coefficient (Wildman–Crippen LogP) is 3.19. The fourth-order valence-electron chi connectivity index (χ4n) is 2.10. The molecule has 1 aliphatic rings. The van der Waals surface area contributed by atoms with E-state index in [2.05, 4.69) is 0 Å². The molecule has 0 radical (unpaired) electrons. The van der Waals surface area contributed by atoms with Crippen LogP contribution in [0.4, 0.5) is 0 Å². The first kappa shape index (κ1) is 13.5. The highest BCUT2D eigenvalue weighted by Gasteiger charge is 2.15. The average molecular weight is 258 g/mol. The first-order valence-electron chi connectivity index (χ1n) is 6.67. The van der Waals surface area contributed by atoms with E-state index in [1.807, 2.05) is 36.4 Å². The van der Waals surface area contributed by atoms with Gasteiger partial charge in [0, 0.05) is 12.8 Å². The molecule has 0 spiro atoms. The molecule has 2 rings (SSSR count). The number of carbonyl (C=O) groups is 2. The van der Waals surface area contributed by atoms with Crippen LogP contribution in [0.5, 0.6) is 0 Å². The Morgan fingerprint density at radius 2 is 2.00 bits per heavy atom. The van der Waals surface area contributed by atoms with Crippen molar-refractivity contribution in [2.75, 3.05) is 0 Å². The third-order valence-electron chi connectivity index (χ3n) is 3.20. The summed E-state index contributed by atoms with van der Waals surface area (Å²) in [5.74, 6) is -0.0646. The molecule has 0 saturated carbocycles. The minimum atomic E-state index is -0.247. The van der Waals surface area contributed by atoms with Crippen molar-refractivity contribution in [2.24, 2.45) is 0 Å². The Morgan fingerprint density at radius 3 is 2.74 bits per heavy atom. The summed E-state index contributed by atoms with van der Waals surface area (Å²) in [6.45, 7) is 0.298. The van der Waals surface area contributed by atoms with Crippen LogP contribution in [0.15, 0.2) is 42.0 Å². The van der Waals surface area contributed by atoms with Crippen molar-refractivity contribution in [2.45, 2.75) is 38.7 Å². The van der Waals surface area contributed by atoms with E-state index in [4.69, 9.17) is 4.74 Å². The van der Waals surface area contributed by atoms with Gasteiger partial charge in [-0.05, 0) is 30.4 Å². The van der Waals surface area contributed by atoms with Gasteiger partial charge in [-0.25, -0.2) is 0 Å². The van der Waals surface area contributed by atoms with Crippen molar-refractivity contribution < 1.29 is 14.3 Å². The summed E-state index contributed by atoms with van der Waals surface area (Å²) in [5.41, 5.74) is 1.77. The molecule has 0 amide bonds. The van der Waals surface area contributed by atoms with Gasteiger partial charge in [-0.15, -0.1) is 0 Å². The summed E-state index contributed by atoms with van der Waals surface area (Å²) in [5, 5.41) is 0. The monoisotopic (exact) mass is 258 g/mol. The van der Waals surface area contributed by atoms with Gasteiger partial charge in [0.1, 0.15) is 6.61 Å². The second-order valence-electron chi connectivity index (χ2n) is 4.69. The van der Waals surface area contributed by atoms with Crippen LogP contribution >= 0.6 is 0 Å². The lowest BCUT2D eigenvalue weighted by molar-refractivity contribution is -0.144. The number of hydrogen-bond donors (Lipinski definition) is 0. The lowest BCUT2D eigenvalue weighted by Gasteiger charge is -2.11. The van der Waals surface area contributed by atoms with Crippen LogP contribution in [-0.4, -0.2) is 11.8 Å². The van der Waals surface area contributed by atoms with Gasteiger partial charge in [-0.2, -0.15) is 0 Å². The number of ether oxygens (including phenoxy) is 1. The summed E-state index contributed by atoms with van der Waals surface area (Å²) < 4.78 is 5.18. The molecule has 1 aliphatic carbocycles. The highest BCUT2D eigenvalue weighted by molar-refractivity contribution is 5.96. The SMILES string of the molecule is O=C(CCC1=CCCCC1=O)OCc1ccccc1. The lowest BCUT2D eigenvalue weighted by atomic mass is 9.95. The van der Waals surface area contributed by atoms with Gasteiger partial charge in [0.25, 0.3) is 0 Å². The van der Waals surface area contributed by atoms with Gasteiger partial charge >= 0.3 is 5.97 Å². The molecule has 0 atom stereocenters. The number of carbonyl (C=O) groups excluding carboxylic acids is 2. The van der Waals surface area contributed by atoms with Crippen molar-refractivity contribution in [3.05, 3.63) is 47.5 Å². The highest BCUT2D eigenvalue weighted by Crippen LogP contribution is 2.18. The van der Waals surface area contributed by atoms with Crippen LogP contribution in [-0.2, 0) is 20.9 Å². The van der Waals surface area contributed by atoms with Crippen LogP contribution < -0.4 is 0 Å². The van der Waals surface area contributed by atoms with Gasteiger partial charge in [0.2, 0.25) is 0 Å². The standard InChI is InChI=1S/C16H18O3/c17-15-9-5-4-8-14(15)10-11-16(18)19-12-13-6-2-1-3-7-13/h1-3,6-8H,4-5,9-12H2. The van der Waals surface area contributed by atoms with Gasteiger partial charge in [-0.1, -0.05) is 36.4 Å². The average Bonchev–Trinajstić information content (AvgIpc) is 2.45. The molecule has 0 bridgehead atoms. The molecule has 0 aliphatic heterocycles. The van der Waals surface area contributed by atoms with E-state index < -0.39 is 0 Å². The van der Waals surface area contributed by atoms with E-state index in [9.17, 15) is 9.59 Å². The number of ketones is 1. The third kappa shape index (κ3) is 4.36. The first-order valence-corrected chi connectivity index (χ1v) is 6.67. The Kier molecular flexibility index (Phi) is 4.90. The van der Waals surface area contributed by atoms with Crippen molar-refractivity contribution in [1.82, 2.24) is 0 Å². The molecule has 19 heavy (non-hydrogen) atoms. The second kappa shape index (κ2) is 6.88. The lowest BCUT2D eigenvalue weighted by Crippen LogP contribution is -2.10. The topological polar surface area (TPSA) is 43.4 Å². The van der Waals surface area contributed by atoms with Crippen molar-refractivity contribution in [3.63, 3.8) is 0 Å². The molecule has 0 fully saturated rings. The zero-order valence-corrected chi connectivity index (χ0v) is 10.9. The van der Waals surface area contributed by atoms with E-state index in [1.165, 1.54) is 0 Å². The molecule has 3 heteroatoms. The predicted molar refractivity (Wildman–Crippen MR) is 72.4 cm³/mol. The van der Waals surface area contributed by atoms with Crippen LogP contribution in [0.3, 0.4) is 0 Å². The fraction of sp³-hybridized carbons (Fsp3) is 0.375. The minimum absolute atomic E-state index is 0.183. The van der Waals surface area contributed by atoms with E-state index in [0.29, 0.717) is 19.4 Å². The van der Waals surface area contributed by atoms with E-state index in [1.54, 1.807) is 0 Å². The van der Waals surface area contributed by atoms with Crippen LogP contribution in [0.1, 0.15) is 37.7 Å². The summed E-state index contributed by atoms with van der Waals surface area (Å²) >= 11 is 0. The Bertz CT molecular complexity index is 474. The van der Waals surface area contributed by atoms with Crippen LogP contribution in [0.2, 0.25) is 0 Å². The molecule has 100 valence electrons. The smallest absolute Gasteiger partial charge is 0.306 e. The minimum Gasteiger partial charge on any atom is -0.461 e. The zero-order chi connectivity index (χ0) is 13.5. The number of hydrogen-bond acceptors (Lipinski definition) is 3. The first-order chi connectivity index (χ1) is 9.25. The third-order valence-corrected chi connectivity index (χ3v) is 3.20. The number of rotatable bonds is 5. The Balaban J connectivity index is 1.73. The summed E-state index contributed by atoms with van der Waals surface area (Å²) in [6.07, 6.45) is 5.24. The van der Waals surface area contributed by atoms with E-state index in [0.717, 1.165) is 24.0 Å². The van der Waals surface area contributed by atoms with Crippen LogP contribution in [0.25, 0.3) is 0 Å². The Hall–Kier alpha value is -1.90. The molecule has 0 unspecified atom stereocenters. The number of esters is 1. The van der Waals surface area contributed by atoms with Gasteiger partial charge in [0.05, 0.1) is 0 Å². The molecule has 0 heterocycles. The second-order valence-corrected chi connectivity index (χ2v) is 4.69. The molecular weight excluding hydrogens is 240 g/mol. The molecular formula is C16H18O3. The molecule has 0 aromatic heterocycles. The maximum atomic E-state index is 11.6. The van der Waals surface area contributed by atoms with Crippen molar-refractivity contribution >= 4 is 11.8 Å². The summed E-state index contributed by atoms with van der Waals surface area (Å²) in [4.78, 5) is 23.2. The number of benzene rings is 1.